The van der Waals surface area contributed by atoms with Crippen molar-refractivity contribution >= 4 is 208 Å². The quantitative estimate of drug-likeness (QED) is 0.0306. The van der Waals surface area contributed by atoms with Crippen molar-refractivity contribution in [2.45, 2.75) is 240 Å². The summed E-state index contributed by atoms with van der Waals surface area (Å²) in [6.07, 6.45) is 5.88. The average molecular weight is 1830 g/mol. The summed E-state index contributed by atoms with van der Waals surface area (Å²) in [5.74, 6) is -6.75. The molecule has 6 aliphatic rings. The summed E-state index contributed by atoms with van der Waals surface area (Å²) in [5, 5.41) is 68.5. The molecular weight excluding hydrogens is 1720 g/mol. The Bertz CT molecular complexity index is 6220. The second-order valence-electron chi connectivity index (χ2n) is 33.3. The van der Waals surface area contributed by atoms with Crippen molar-refractivity contribution in [3.05, 3.63) is 208 Å². The number of aromatic amines is 6. The Kier molecular flexibility index (Phi) is 30.5. The number of fused-ring (bicyclic) bond motifs is 24. The number of allylic oxidation sites excluding steroid dienone is 12. The summed E-state index contributed by atoms with van der Waals surface area (Å²) < 4.78 is 0. The molecule has 0 fully saturated rings. The predicted octanol–water partition coefficient (Wildman–Crippen LogP) is 14.2. The first-order chi connectivity index (χ1) is 60.0. The maximum absolute atomic E-state index is 11.4. The summed E-state index contributed by atoms with van der Waals surface area (Å²) in [6.45, 7) is 37.3. The number of hydrogen-bond acceptors (Lipinski definition) is 18. The van der Waals surface area contributed by atoms with Gasteiger partial charge in [-0.05, 0) is 405 Å². The van der Waals surface area contributed by atoms with Crippen molar-refractivity contribution < 1.29 is 59.4 Å². The minimum Gasteiger partial charge on any atom is -0.550 e. The fraction of sp³-hybridized carbons (Fsp3) is 0.353. The number of H-pyrrole nitrogens is 6. The van der Waals surface area contributed by atoms with E-state index in [0.717, 1.165) is 222 Å². The van der Waals surface area contributed by atoms with Gasteiger partial charge in [-0.3, -0.25) is 0 Å². The van der Waals surface area contributed by atoms with Gasteiger partial charge in [0, 0.05) is 102 Å². The zero-order valence-corrected chi connectivity index (χ0v) is 81.2. The zero-order valence-electron chi connectivity index (χ0n) is 76.4. The Morgan fingerprint density at radius 3 is 0.484 bits per heavy atom. The smallest absolute Gasteiger partial charge is 0.550 e. The van der Waals surface area contributed by atoms with Crippen LogP contribution in [0.3, 0.4) is 0 Å². The van der Waals surface area contributed by atoms with Crippen molar-refractivity contribution in [2.75, 3.05) is 0 Å². The SMILES string of the molecule is CCc1c(C)c2cc3[nH]c(cc4nc(cc5nc(cc1[nH]2)C(C)=C5CCC(=O)[O-])C(CCC(=O)[O-])=C4C)c(C)c3CC.CCc1c(C)c2cc3[nH]c(cc4nc(cc5nc(cc1[nH]2)C(C)=C5CCC(=O)[O-])C(CCC(=O)[O-])=C4C)c(C)c3CC.CCc1c(C)c2cc3[nH]c(cc4nc(cc5nc(cc1[nH]2)C(C)=C5CCC(=O)[O-])C(CCC(=O)[O-])=C4C)c(C)c3CC.[Ga+3].[Ga+3]. The van der Waals surface area contributed by atoms with Crippen molar-refractivity contribution in [1.29, 1.82) is 0 Å². The van der Waals surface area contributed by atoms with Gasteiger partial charge in [-0.25, -0.2) is 29.9 Å². The molecule has 24 bridgehead atoms. The van der Waals surface area contributed by atoms with Gasteiger partial charge in [0.05, 0.1) is 68.3 Å². The summed E-state index contributed by atoms with van der Waals surface area (Å²) in [5.41, 5.74) is 44.8. The molecule has 0 saturated carbocycles. The normalized spacial score (nSPS) is 13.1. The van der Waals surface area contributed by atoms with Crippen LogP contribution < -0.4 is 30.6 Å². The number of rotatable bonds is 24. The maximum Gasteiger partial charge on any atom is 3.00 e. The van der Waals surface area contributed by atoms with Gasteiger partial charge in [-0.2, -0.15) is 0 Å². The fourth-order valence-corrected chi connectivity index (χ4v) is 18.6. The summed E-state index contributed by atoms with van der Waals surface area (Å²) in [6, 6.07) is 24.3. The molecule has 0 aromatic carbocycles. The predicted molar refractivity (Wildman–Crippen MR) is 500 cm³/mol. The van der Waals surface area contributed by atoms with Crippen LogP contribution in [0, 0.1) is 41.5 Å². The van der Waals surface area contributed by atoms with Crippen LogP contribution in [0.1, 0.15) is 295 Å². The van der Waals surface area contributed by atoms with E-state index in [0.29, 0.717) is 34.2 Å². The Morgan fingerprint density at radius 2 is 0.344 bits per heavy atom. The third kappa shape index (κ3) is 19.9. The van der Waals surface area contributed by atoms with Gasteiger partial charge >= 0.3 is 39.6 Å². The fourth-order valence-electron chi connectivity index (χ4n) is 18.6. The number of nitrogens with one attached hydrogen (secondary N) is 6. The van der Waals surface area contributed by atoms with Gasteiger partial charge in [0.15, 0.2) is 0 Å². The van der Waals surface area contributed by atoms with Crippen molar-refractivity contribution in [3.63, 3.8) is 0 Å². The van der Waals surface area contributed by atoms with E-state index in [2.05, 4.69) is 131 Å². The molecule has 0 radical (unpaired) electrons. The molecule has 6 N–H and O–H groups in total. The van der Waals surface area contributed by atoms with Crippen LogP contribution in [0.4, 0.5) is 0 Å². The van der Waals surface area contributed by atoms with E-state index in [9.17, 15) is 59.4 Å². The van der Waals surface area contributed by atoms with Crippen LogP contribution in [0.2, 0.25) is 0 Å². The van der Waals surface area contributed by atoms with E-state index in [4.69, 9.17) is 29.9 Å². The zero-order chi connectivity index (χ0) is 90.9. The second-order valence-corrected chi connectivity index (χ2v) is 33.3. The molecule has 24 nitrogen and oxygen atoms in total. The number of aryl methyl sites for hydroxylation is 12. The molecule has 9 aromatic heterocycles. The average Bonchev–Trinajstić information content (AvgIpc) is 1.62. The van der Waals surface area contributed by atoms with Crippen LogP contribution in [0.5, 0.6) is 0 Å². The molecule has 0 amide bonds. The van der Waals surface area contributed by atoms with Gasteiger partial charge in [0.25, 0.3) is 0 Å². The van der Waals surface area contributed by atoms with E-state index >= 15 is 0 Å². The van der Waals surface area contributed by atoms with E-state index in [1.54, 1.807) is 0 Å². The molecule has 15 rings (SSSR count). The molecule has 0 atom stereocenters. The van der Waals surface area contributed by atoms with Crippen LogP contribution in [0.25, 0.3) is 133 Å². The monoisotopic (exact) mass is 1830 g/mol. The van der Waals surface area contributed by atoms with Gasteiger partial charge < -0.3 is 89.3 Å². The second kappa shape index (κ2) is 40.5. The van der Waals surface area contributed by atoms with Crippen LogP contribution in [0.15, 0.2) is 72.8 Å². The Morgan fingerprint density at radius 1 is 0.211 bits per heavy atom. The topological polar surface area (TPSA) is 413 Å². The number of nitrogens with zero attached hydrogens (tertiary/aromatic N) is 6. The number of carboxylic acid groups (broad SMARTS) is 6. The first-order valence-corrected chi connectivity index (χ1v) is 43.7. The number of aromatic nitrogens is 12. The van der Waals surface area contributed by atoms with Crippen LogP contribution in [-0.2, 0) is 67.3 Å². The minimum atomic E-state index is -1.13. The van der Waals surface area contributed by atoms with E-state index in [1.807, 2.05) is 96.1 Å². The van der Waals surface area contributed by atoms with Crippen LogP contribution in [-0.4, -0.2) is 135 Å². The molecular formula is C102H108Ga2N12O12. The molecule has 654 valence electrons. The number of carbonyl (C=O) groups is 6. The minimum absolute atomic E-state index is 0. The Hall–Kier alpha value is -12.1. The summed E-state index contributed by atoms with van der Waals surface area (Å²) in [4.78, 5) is 120. The number of hydrogen-bond donors (Lipinski definition) is 6. The van der Waals surface area contributed by atoms with Gasteiger partial charge in [-0.15, -0.1) is 0 Å². The van der Waals surface area contributed by atoms with Gasteiger partial charge in [0.1, 0.15) is 0 Å². The standard InChI is InChI=1S/3C34H38N4O4.2Ga/c3*1-7-21-17(3)25-13-26-19(5)23(9-11-33(39)40)31(37-26)16-32-24(10-12-34(41)42)20(6)28(38-32)15-30-22(8-2)18(4)27(36-30)14-29(21)35-25;;/h3*13-16,35-36H,7-12H2,1-6H3,(H,39,40)(H,41,42);;/q;;;2*+3/p-6. The molecule has 0 spiro atoms. The molecule has 26 heteroatoms. The molecule has 0 saturated heterocycles. The molecule has 128 heavy (non-hydrogen) atoms. The molecule has 0 unspecified atom stereocenters. The Balaban J connectivity index is 0.000000185. The molecule has 15 heterocycles. The maximum atomic E-state index is 11.4. The van der Waals surface area contributed by atoms with Gasteiger partial charge in [-0.1, -0.05) is 41.5 Å². The molecule has 9 aromatic rings. The summed E-state index contributed by atoms with van der Waals surface area (Å²) >= 11 is 0. The molecule has 6 aliphatic heterocycles. The first kappa shape index (κ1) is 96.5. The molecule has 0 aliphatic carbocycles. The van der Waals surface area contributed by atoms with Crippen molar-refractivity contribution in [2.24, 2.45) is 0 Å². The number of carboxylic acids is 6. The number of aliphatic carboxylic acids is 6. The third-order valence-electron chi connectivity index (χ3n) is 26.0. The third-order valence-corrected chi connectivity index (χ3v) is 26.0. The van der Waals surface area contributed by atoms with Crippen LogP contribution >= 0.6 is 0 Å². The number of carbonyl (C=O) groups excluding carboxylic acids is 6. The van der Waals surface area contributed by atoms with Gasteiger partial charge in [0.2, 0.25) is 0 Å². The van der Waals surface area contributed by atoms with E-state index in [-0.39, 0.29) is 117 Å². The van der Waals surface area contributed by atoms with E-state index < -0.39 is 35.8 Å². The summed E-state index contributed by atoms with van der Waals surface area (Å²) in [7, 11) is 0. The van der Waals surface area contributed by atoms with Crippen molar-refractivity contribution in [1.82, 2.24) is 59.8 Å². The Labute approximate surface area is 770 Å². The van der Waals surface area contributed by atoms with Crippen molar-refractivity contribution in [3.8, 4) is 0 Å². The first-order valence-electron chi connectivity index (χ1n) is 43.7. The largest absolute Gasteiger partial charge is 3.00 e. The van der Waals surface area contributed by atoms with E-state index in [1.165, 1.54) is 50.1 Å².